The summed E-state index contributed by atoms with van der Waals surface area (Å²) in [6.07, 6.45) is 0.158. The van der Waals surface area contributed by atoms with Crippen molar-refractivity contribution in [3.8, 4) is 5.75 Å². The predicted octanol–water partition coefficient (Wildman–Crippen LogP) is 2.87. The predicted molar refractivity (Wildman–Crippen MR) is 154 cm³/mol. The van der Waals surface area contributed by atoms with E-state index in [0.717, 1.165) is 6.54 Å². The van der Waals surface area contributed by atoms with Crippen molar-refractivity contribution >= 4 is 34.8 Å². The number of rotatable bonds is 6. The Morgan fingerprint density at radius 3 is 2.34 bits per heavy atom. The molecule has 0 unspecified atom stereocenters. The second kappa shape index (κ2) is 10.4. The number of halogens is 1. The first-order valence-corrected chi connectivity index (χ1v) is 14.2. The second-order valence-electron chi connectivity index (χ2n) is 12.8. The van der Waals surface area contributed by atoms with Crippen LogP contribution in [0.25, 0.3) is 5.76 Å². The van der Waals surface area contributed by atoms with E-state index in [-0.39, 0.29) is 41.2 Å². The molecule has 11 heteroatoms. The highest BCUT2D eigenvalue weighted by molar-refractivity contribution is 6.32. The zero-order chi connectivity index (χ0) is 30.9. The van der Waals surface area contributed by atoms with Crippen LogP contribution in [-0.4, -0.2) is 86.0 Å². The van der Waals surface area contributed by atoms with Crippen molar-refractivity contribution in [3.05, 3.63) is 44.7 Å². The molecule has 1 aromatic carbocycles. The number of hydrogen-bond donors (Lipinski definition) is 5. The van der Waals surface area contributed by atoms with Gasteiger partial charge in [-0.2, -0.15) is 0 Å². The summed E-state index contributed by atoms with van der Waals surface area (Å²) in [5.41, 5.74) is 2.76. The van der Waals surface area contributed by atoms with Crippen LogP contribution in [0, 0.1) is 17.3 Å². The number of aliphatic hydroxyl groups excluding tert-OH is 2. The van der Waals surface area contributed by atoms with Crippen LogP contribution in [0.3, 0.4) is 0 Å². The molecule has 0 heterocycles. The topological polar surface area (TPSA) is 165 Å². The normalized spacial score (nSPS) is 27.2. The lowest BCUT2D eigenvalue weighted by molar-refractivity contribution is -0.153. The number of benzene rings is 1. The molecule has 3 aliphatic carbocycles. The molecule has 0 aromatic heterocycles. The van der Waals surface area contributed by atoms with Gasteiger partial charge in [-0.3, -0.25) is 24.2 Å². The molecule has 41 heavy (non-hydrogen) atoms. The van der Waals surface area contributed by atoms with E-state index < -0.39 is 58.0 Å². The fraction of sp³-hybridized carbons (Fsp3) is 0.567. The summed E-state index contributed by atoms with van der Waals surface area (Å²) in [7, 11) is 3.12. The summed E-state index contributed by atoms with van der Waals surface area (Å²) in [6.45, 7) is 11.8. The molecule has 5 atom stereocenters. The molecule has 1 amide bonds. The van der Waals surface area contributed by atoms with Crippen LogP contribution in [0.1, 0.15) is 57.7 Å². The second-order valence-corrected chi connectivity index (χ2v) is 13.2. The third-order valence-electron chi connectivity index (χ3n) is 9.31. The van der Waals surface area contributed by atoms with Gasteiger partial charge in [-0.1, -0.05) is 39.3 Å². The quantitative estimate of drug-likeness (QED) is 0.314. The van der Waals surface area contributed by atoms with Gasteiger partial charge in [0.15, 0.2) is 11.4 Å². The summed E-state index contributed by atoms with van der Waals surface area (Å²) < 4.78 is 0. The summed E-state index contributed by atoms with van der Waals surface area (Å²) in [5.74, 6) is -6.86. The highest BCUT2D eigenvalue weighted by atomic mass is 35.5. The summed E-state index contributed by atoms with van der Waals surface area (Å²) in [5, 5.41) is 45.5. The first-order valence-electron chi connectivity index (χ1n) is 13.8. The number of phenolic OH excluding ortho intramolecular Hbond substituents is 1. The summed E-state index contributed by atoms with van der Waals surface area (Å²) in [4.78, 5) is 43.0. The Bertz CT molecular complexity index is 1390. The first kappa shape index (κ1) is 31.0. The summed E-state index contributed by atoms with van der Waals surface area (Å²) in [6, 6.07) is 0.526. The molecule has 224 valence electrons. The highest BCUT2D eigenvalue weighted by Crippen LogP contribution is 2.53. The van der Waals surface area contributed by atoms with Gasteiger partial charge in [-0.25, -0.2) is 0 Å². The van der Waals surface area contributed by atoms with Gasteiger partial charge < -0.3 is 26.2 Å². The molecule has 4 rings (SSSR count). The molecule has 0 spiro atoms. The van der Waals surface area contributed by atoms with Crippen LogP contribution < -0.4 is 5.73 Å². The Morgan fingerprint density at radius 2 is 1.83 bits per heavy atom. The number of Topliss-reactive ketones (excluding diaryl/α,β-unsaturated/α-hetero) is 2. The Labute approximate surface area is 245 Å². The fourth-order valence-electron chi connectivity index (χ4n) is 6.75. The van der Waals surface area contributed by atoms with E-state index >= 15 is 0 Å². The van der Waals surface area contributed by atoms with Crippen LogP contribution in [0.5, 0.6) is 5.75 Å². The molecule has 1 fully saturated rings. The Kier molecular flexibility index (Phi) is 7.88. The van der Waals surface area contributed by atoms with Gasteiger partial charge in [0.25, 0.3) is 5.91 Å². The van der Waals surface area contributed by atoms with Crippen LogP contribution >= 0.6 is 11.6 Å². The SMILES string of the molecule is CCN(Cc1cc(O)c2c(c1Cl)C[C@H]1C[C@H]3[C@H](N(C)C)C(=O)C(C(N)=O)=C(O)[C@@]3(O)C(=O)C1=C2O)[C@H](C)C(C)(C)C. The first-order chi connectivity index (χ1) is 18.9. The number of phenols is 1. The van der Waals surface area contributed by atoms with Gasteiger partial charge in [-0.05, 0) is 68.9 Å². The maximum Gasteiger partial charge on any atom is 0.255 e. The molecule has 0 saturated heterocycles. The highest BCUT2D eigenvalue weighted by Gasteiger charge is 2.64. The third kappa shape index (κ3) is 4.65. The number of nitrogens with zero attached hydrogens (tertiary/aromatic N) is 2. The van der Waals surface area contributed by atoms with Crippen molar-refractivity contribution in [1.29, 1.82) is 0 Å². The number of amides is 1. The maximum absolute atomic E-state index is 13.9. The van der Waals surface area contributed by atoms with E-state index in [9.17, 15) is 34.8 Å². The number of aliphatic hydroxyl groups is 3. The van der Waals surface area contributed by atoms with Crippen LogP contribution in [0.15, 0.2) is 23.0 Å². The van der Waals surface area contributed by atoms with Crippen molar-refractivity contribution in [3.63, 3.8) is 0 Å². The number of hydrogen-bond acceptors (Lipinski definition) is 9. The van der Waals surface area contributed by atoms with E-state index in [1.54, 1.807) is 14.1 Å². The van der Waals surface area contributed by atoms with Crippen LogP contribution in [0.2, 0.25) is 5.02 Å². The molecular weight excluding hydrogens is 550 g/mol. The fourth-order valence-corrected chi connectivity index (χ4v) is 7.04. The Balaban J connectivity index is 1.87. The number of nitrogens with two attached hydrogens (primary N) is 1. The molecule has 1 aromatic rings. The maximum atomic E-state index is 13.9. The number of primary amides is 1. The minimum atomic E-state index is -2.67. The smallest absolute Gasteiger partial charge is 0.255 e. The molecular formula is C30H40ClN3O7. The van der Waals surface area contributed by atoms with Gasteiger partial charge in [0, 0.05) is 29.1 Å². The number of fused-ring (bicyclic) bond motifs is 3. The molecule has 0 bridgehead atoms. The number of carbonyl (C=O) groups excluding carboxylic acids is 3. The zero-order valence-electron chi connectivity index (χ0n) is 24.6. The monoisotopic (exact) mass is 589 g/mol. The lowest BCUT2D eigenvalue weighted by Crippen LogP contribution is -2.65. The van der Waals surface area contributed by atoms with Crippen molar-refractivity contribution in [1.82, 2.24) is 9.80 Å². The lowest BCUT2D eigenvalue weighted by Gasteiger charge is -2.50. The molecule has 6 N–H and O–H groups in total. The minimum absolute atomic E-state index is 0.00915. The average Bonchev–Trinajstić information content (AvgIpc) is 2.85. The van der Waals surface area contributed by atoms with Crippen LogP contribution in [0.4, 0.5) is 0 Å². The van der Waals surface area contributed by atoms with Gasteiger partial charge in [0.05, 0.1) is 11.6 Å². The van der Waals surface area contributed by atoms with E-state index in [1.165, 1.54) is 11.0 Å². The molecule has 1 saturated carbocycles. The lowest BCUT2D eigenvalue weighted by atomic mass is 9.57. The van der Waals surface area contributed by atoms with E-state index in [4.69, 9.17) is 17.3 Å². The molecule has 0 radical (unpaired) electrons. The third-order valence-corrected chi connectivity index (χ3v) is 9.78. The molecule has 10 nitrogen and oxygen atoms in total. The summed E-state index contributed by atoms with van der Waals surface area (Å²) >= 11 is 6.93. The van der Waals surface area contributed by atoms with Crippen molar-refractivity contribution in [2.24, 2.45) is 23.0 Å². The standard InChI is InChI=1S/C30H40ClN3O7/c1-8-34(13(2)29(3,4)5)12-15-11-18(35)20-16(22(15)31)9-14-10-17-23(33(6)7)25(37)21(28(32)40)27(39)30(17,41)26(38)19(14)24(20)36/h11,13-14,17,23,35-36,39,41H,8-10,12H2,1-7H3,(H2,32,40)/t13-,14+,17+,23+,30+/m1/s1. The average molecular weight is 590 g/mol. The van der Waals surface area contributed by atoms with Crippen molar-refractivity contribution in [2.45, 2.75) is 71.7 Å². The van der Waals surface area contributed by atoms with E-state index in [0.29, 0.717) is 22.7 Å². The number of carbonyl (C=O) groups is 3. The largest absolute Gasteiger partial charge is 0.508 e. The van der Waals surface area contributed by atoms with Gasteiger partial charge in [-0.15, -0.1) is 0 Å². The number of aromatic hydroxyl groups is 1. The zero-order valence-corrected chi connectivity index (χ0v) is 25.3. The van der Waals surface area contributed by atoms with Gasteiger partial charge >= 0.3 is 0 Å². The Hall–Kier alpha value is -2.92. The van der Waals surface area contributed by atoms with E-state index in [2.05, 4.69) is 32.6 Å². The molecule has 0 aliphatic heterocycles. The van der Waals surface area contributed by atoms with Crippen molar-refractivity contribution in [2.75, 3.05) is 20.6 Å². The van der Waals surface area contributed by atoms with Crippen molar-refractivity contribution < 1.29 is 34.8 Å². The van der Waals surface area contributed by atoms with Crippen LogP contribution in [-0.2, 0) is 27.3 Å². The van der Waals surface area contributed by atoms with E-state index in [1.807, 2.05) is 6.92 Å². The number of likely N-dealkylation sites (N-methyl/N-ethyl adjacent to an activating group) is 1. The Morgan fingerprint density at radius 1 is 1.22 bits per heavy atom. The number of ketones is 2. The molecule has 3 aliphatic rings. The minimum Gasteiger partial charge on any atom is -0.508 e. The van der Waals surface area contributed by atoms with Gasteiger partial charge in [0.1, 0.15) is 22.8 Å². The van der Waals surface area contributed by atoms with Gasteiger partial charge in [0.2, 0.25) is 5.78 Å².